The third-order valence-corrected chi connectivity index (χ3v) is 4.25. The summed E-state index contributed by atoms with van der Waals surface area (Å²) in [6.07, 6.45) is 6.43. The first-order chi connectivity index (χ1) is 10.00. The number of para-hydroxylation sites is 1. The predicted octanol–water partition coefficient (Wildman–Crippen LogP) is 3.71. The quantitative estimate of drug-likeness (QED) is 0.867. The van der Waals surface area contributed by atoms with Crippen molar-refractivity contribution in [3.05, 3.63) is 29.8 Å². The summed E-state index contributed by atoms with van der Waals surface area (Å²) in [4.78, 5) is 12.2. The van der Waals surface area contributed by atoms with Crippen molar-refractivity contribution in [2.24, 2.45) is 5.92 Å². The van der Waals surface area contributed by atoms with E-state index in [0.29, 0.717) is 12.3 Å². The highest BCUT2D eigenvalue weighted by molar-refractivity contribution is 5.77. The molecule has 0 saturated heterocycles. The average molecular weight is 289 g/mol. The van der Waals surface area contributed by atoms with Gasteiger partial charge >= 0.3 is 0 Å². The van der Waals surface area contributed by atoms with Gasteiger partial charge in [0.05, 0.1) is 7.11 Å². The Morgan fingerprint density at radius 1 is 1.29 bits per heavy atom. The summed E-state index contributed by atoms with van der Waals surface area (Å²) in [5, 5.41) is 3.19. The molecule has 1 aromatic carbocycles. The predicted molar refractivity (Wildman–Crippen MR) is 85.5 cm³/mol. The number of hydrogen-bond donors (Lipinski definition) is 1. The molecule has 1 aliphatic rings. The largest absolute Gasteiger partial charge is 0.496 e. The lowest BCUT2D eigenvalue weighted by molar-refractivity contribution is -0.123. The number of carbonyl (C=O) groups is 1. The zero-order valence-electron chi connectivity index (χ0n) is 13.4. The Bertz CT molecular complexity index is 476. The average Bonchev–Trinajstić information content (AvgIpc) is 2.90. The second-order valence-corrected chi connectivity index (χ2v) is 6.78. The van der Waals surface area contributed by atoms with Crippen molar-refractivity contribution in [1.82, 2.24) is 5.32 Å². The minimum absolute atomic E-state index is 0.182. The van der Waals surface area contributed by atoms with Crippen molar-refractivity contribution in [3.63, 3.8) is 0 Å². The lowest BCUT2D eigenvalue weighted by Gasteiger charge is -2.28. The van der Waals surface area contributed by atoms with Gasteiger partial charge in [0.15, 0.2) is 0 Å². The summed E-state index contributed by atoms with van der Waals surface area (Å²) >= 11 is 0. The number of benzene rings is 1. The number of methoxy groups -OCH3 is 1. The van der Waals surface area contributed by atoms with Crippen LogP contribution in [0.1, 0.15) is 51.5 Å². The van der Waals surface area contributed by atoms with E-state index < -0.39 is 0 Å². The Kier molecular flexibility index (Phi) is 5.27. The maximum Gasteiger partial charge on any atom is 0.220 e. The van der Waals surface area contributed by atoms with Crippen molar-refractivity contribution in [1.29, 1.82) is 0 Å². The van der Waals surface area contributed by atoms with Gasteiger partial charge in [0, 0.05) is 12.0 Å². The maximum absolute atomic E-state index is 12.2. The molecule has 0 heterocycles. The number of amides is 1. The fourth-order valence-electron chi connectivity index (χ4n) is 3.27. The molecule has 1 N–H and O–H groups in total. The van der Waals surface area contributed by atoms with Crippen molar-refractivity contribution < 1.29 is 9.53 Å². The first-order valence-electron chi connectivity index (χ1n) is 7.93. The molecule has 0 unspecified atom stereocenters. The highest BCUT2D eigenvalue weighted by Crippen LogP contribution is 2.28. The van der Waals surface area contributed by atoms with E-state index in [2.05, 4.69) is 25.2 Å². The van der Waals surface area contributed by atoms with Crippen molar-refractivity contribution in [3.8, 4) is 5.75 Å². The van der Waals surface area contributed by atoms with Crippen molar-refractivity contribution in [2.45, 2.75) is 57.9 Å². The Balaban J connectivity index is 1.92. The van der Waals surface area contributed by atoms with E-state index in [4.69, 9.17) is 4.74 Å². The van der Waals surface area contributed by atoms with Gasteiger partial charge in [0.1, 0.15) is 5.75 Å². The van der Waals surface area contributed by atoms with Crippen LogP contribution in [-0.4, -0.2) is 18.6 Å². The molecular formula is C18H27NO2. The van der Waals surface area contributed by atoms with Crippen LogP contribution in [0.3, 0.4) is 0 Å². The van der Waals surface area contributed by atoms with E-state index in [1.54, 1.807) is 7.11 Å². The molecule has 0 aliphatic heterocycles. The van der Waals surface area contributed by atoms with Gasteiger partial charge < -0.3 is 10.1 Å². The van der Waals surface area contributed by atoms with Crippen molar-refractivity contribution >= 4 is 5.91 Å². The van der Waals surface area contributed by atoms with Gasteiger partial charge in [-0.1, -0.05) is 31.0 Å². The normalized spacial score (nSPS) is 16.0. The van der Waals surface area contributed by atoms with E-state index in [9.17, 15) is 4.79 Å². The molecule has 3 nitrogen and oxygen atoms in total. The summed E-state index contributed by atoms with van der Waals surface area (Å²) in [6.45, 7) is 4.15. The van der Waals surface area contributed by atoms with Crippen LogP contribution in [0.15, 0.2) is 24.3 Å². The van der Waals surface area contributed by atoms with Gasteiger partial charge in [-0.05, 0) is 50.7 Å². The molecule has 0 radical (unpaired) electrons. The summed E-state index contributed by atoms with van der Waals surface area (Å²) in [5.74, 6) is 1.66. The van der Waals surface area contributed by atoms with E-state index in [0.717, 1.165) is 17.7 Å². The molecule has 3 heteroatoms. The minimum Gasteiger partial charge on any atom is -0.496 e. The zero-order valence-corrected chi connectivity index (χ0v) is 13.4. The Morgan fingerprint density at radius 3 is 2.62 bits per heavy atom. The highest BCUT2D eigenvalue weighted by Gasteiger charge is 2.25. The molecule has 2 rings (SSSR count). The monoisotopic (exact) mass is 289 g/mol. The lowest BCUT2D eigenvalue weighted by atomic mass is 9.93. The van der Waals surface area contributed by atoms with Gasteiger partial charge in [-0.2, -0.15) is 0 Å². The minimum atomic E-state index is -0.260. The summed E-state index contributed by atoms with van der Waals surface area (Å²) in [6, 6.07) is 8.00. The molecule has 0 spiro atoms. The van der Waals surface area contributed by atoms with Crippen LogP contribution in [0, 0.1) is 5.92 Å². The smallest absolute Gasteiger partial charge is 0.220 e. The molecule has 116 valence electrons. The molecule has 1 aromatic rings. The first kappa shape index (κ1) is 15.9. The molecule has 1 saturated carbocycles. The van der Waals surface area contributed by atoms with Crippen LogP contribution in [0.2, 0.25) is 0 Å². The Morgan fingerprint density at radius 2 is 1.95 bits per heavy atom. The number of rotatable bonds is 6. The molecule has 0 atom stereocenters. The molecule has 1 fully saturated rings. The number of nitrogens with one attached hydrogen (secondary N) is 1. The highest BCUT2D eigenvalue weighted by atomic mass is 16.5. The molecule has 21 heavy (non-hydrogen) atoms. The van der Waals surface area contributed by atoms with Crippen LogP contribution >= 0.6 is 0 Å². The number of hydrogen-bond acceptors (Lipinski definition) is 2. The van der Waals surface area contributed by atoms with Gasteiger partial charge in [0.2, 0.25) is 5.91 Å². The van der Waals surface area contributed by atoms with Crippen LogP contribution in [0.4, 0.5) is 0 Å². The zero-order chi connectivity index (χ0) is 15.3. The van der Waals surface area contributed by atoms with E-state index in [-0.39, 0.29) is 11.4 Å². The summed E-state index contributed by atoms with van der Waals surface area (Å²) in [7, 11) is 1.69. The fraction of sp³-hybridized carbons (Fsp3) is 0.611. The lowest BCUT2D eigenvalue weighted by Crippen LogP contribution is -2.45. The molecule has 0 bridgehead atoms. The van der Waals surface area contributed by atoms with Crippen LogP contribution in [0.25, 0.3) is 0 Å². The maximum atomic E-state index is 12.2. The number of carbonyl (C=O) groups excluding carboxylic acids is 1. The van der Waals surface area contributed by atoms with E-state index in [1.807, 2.05) is 18.2 Å². The molecule has 1 amide bonds. The molecule has 1 aliphatic carbocycles. The van der Waals surface area contributed by atoms with Gasteiger partial charge in [-0.15, -0.1) is 0 Å². The van der Waals surface area contributed by atoms with Crippen molar-refractivity contribution in [2.75, 3.05) is 7.11 Å². The third-order valence-electron chi connectivity index (χ3n) is 4.25. The van der Waals surface area contributed by atoms with Gasteiger partial charge in [-0.3, -0.25) is 4.79 Å². The van der Waals surface area contributed by atoms with Gasteiger partial charge in [0.25, 0.3) is 0 Å². The van der Waals surface area contributed by atoms with E-state index in [1.165, 1.54) is 25.7 Å². The fourth-order valence-corrected chi connectivity index (χ4v) is 3.27. The molecule has 0 aromatic heterocycles. The van der Waals surface area contributed by atoms with Gasteiger partial charge in [-0.25, -0.2) is 0 Å². The first-order valence-corrected chi connectivity index (χ1v) is 7.93. The SMILES string of the molecule is COc1ccccc1CC(C)(C)NC(=O)CC1CCCC1. The van der Waals surface area contributed by atoms with Crippen LogP contribution in [-0.2, 0) is 11.2 Å². The Hall–Kier alpha value is -1.51. The van der Waals surface area contributed by atoms with Crippen LogP contribution in [0.5, 0.6) is 5.75 Å². The summed E-state index contributed by atoms with van der Waals surface area (Å²) in [5.41, 5.74) is 0.871. The van der Waals surface area contributed by atoms with E-state index >= 15 is 0 Å². The second kappa shape index (κ2) is 6.97. The Labute approximate surface area is 128 Å². The molecular weight excluding hydrogens is 262 g/mol. The second-order valence-electron chi connectivity index (χ2n) is 6.78. The summed E-state index contributed by atoms with van der Waals surface area (Å²) < 4.78 is 5.39. The third kappa shape index (κ3) is 4.76. The number of ether oxygens (including phenoxy) is 1. The standard InChI is InChI=1S/C18H27NO2/c1-18(2,13-15-10-6-7-11-16(15)21-3)19-17(20)12-14-8-4-5-9-14/h6-7,10-11,14H,4-5,8-9,12-13H2,1-3H3,(H,19,20). The topological polar surface area (TPSA) is 38.3 Å². The van der Waals surface area contributed by atoms with Crippen LogP contribution < -0.4 is 10.1 Å².